The zero-order chi connectivity index (χ0) is 9.56. The lowest BCUT2D eigenvalue weighted by Crippen LogP contribution is -2.22. The number of ether oxygens (including phenoxy) is 2. The molecule has 68 valence electrons. The van der Waals surface area contributed by atoms with E-state index >= 15 is 0 Å². The third-order valence-electron chi connectivity index (χ3n) is 1.04. The van der Waals surface area contributed by atoms with Crippen LogP contribution in [0.1, 0.15) is 0 Å². The summed E-state index contributed by atoms with van der Waals surface area (Å²) in [7, 11) is 2.30. The van der Waals surface area contributed by atoms with Gasteiger partial charge in [-0.3, -0.25) is 5.84 Å². The lowest BCUT2D eigenvalue weighted by Gasteiger charge is -2.01. The van der Waals surface area contributed by atoms with Crippen LogP contribution in [0, 0.1) is 0 Å². The van der Waals surface area contributed by atoms with Crippen molar-refractivity contribution >= 4 is 11.9 Å². The van der Waals surface area contributed by atoms with Gasteiger partial charge in [-0.25, -0.2) is 9.59 Å². The first-order chi connectivity index (χ1) is 5.67. The van der Waals surface area contributed by atoms with E-state index in [0.29, 0.717) is 0 Å². The quantitative estimate of drug-likeness (QED) is 0.138. The molecule has 0 fully saturated rings. The number of carbonyl (C=O) groups is 2. The normalized spacial score (nSPS) is 8.25. The maximum Gasteiger partial charge on any atom is 0.346 e. The van der Waals surface area contributed by atoms with E-state index in [1.807, 2.05) is 5.43 Å². The highest BCUT2D eigenvalue weighted by atomic mass is 16.5. The number of hydrazine groups is 1. The molecular formula is C6H10N2O4. The maximum atomic E-state index is 10.8. The standard InChI is InChI=1S/C6H10N2O4/c1-11-5(9)4(3-8-7)6(10)12-2/h3,8H,7H2,1-2H3. The number of esters is 2. The van der Waals surface area contributed by atoms with Gasteiger partial charge in [0.25, 0.3) is 0 Å². The van der Waals surface area contributed by atoms with E-state index in [1.54, 1.807) is 0 Å². The topological polar surface area (TPSA) is 90.6 Å². The van der Waals surface area contributed by atoms with Crippen LogP contribution in [-0.4, -0.2) is 26.2 Å². The van der Waals surface area contributed by atoms with E-state index in [0.717, 1.165) is 20.4 Å². The first kappa shape index (κ1) is 10.4. The molecule has 0 atom stereocenters. The van der Waals surface area contributed by atoms with Crippen LogP contribution in [0.4, 0.5) is 0 Å². The van der Waals surface area contributed by atoms with Crippen LogP contribution in [-0.2, 0) is 19.1 Å². The number of hydrogen-bond donors (Lipinski definition) is 2. The second-order valence-corrected chi connectivity index (χ2v) is 1.71. The van der Waals surface area contributed by atoms with Crippen molar-refractivity contribution in [3.05, 3.63) is 11.8 Å². The molecule has 12 heavy (non-hydrogen) atoms. The fourth-order valence-corrected chi connectivity index (χ4v) is 0.504. The predicted octanol–water partition coefficient (Wildman–Crippen LogP) is -1.32. The van der Waals surface area contributed by atoms with Gasteiger partial charge in [0.15, 0.2) is 5.57 Å². The summed E-state index contributed by atoms with van der Waals surface area (Å²) in [5.41, 5.74) is 1.75. The lowest BCUT2D eigenvalue weighted by molar-refractivity contribution is -0.144. The molecule has 0 aliphatic heterocycles. The first-order valence-corrected chi connectivity index (χ1v) is 3.00. The van der Waals surface area contributed by atoms with Crippen molar-refractivity contribution in [2.24, 2.45) is 5.84 Å². The van der Waals surface area contributed by atoms with Gasteiger partial charge in [-0.2, -0.15) is 0 Å². The number of rotatable bonds is 3. The van der Waals surface area contributed by atoms with Gasteiger partial charge in [0, 0.05) is 6.20 Å². The van der Waals surface area contributed by atoms with Gasteiger partial charge in [-0.05, 0) is 0 Å². The molecule has 3 N–H and O–H groups in total. The second kappa shape index (κ2) is 5.14. The van der Waals surface area contributed by atoms with Crippen LogP contribution in [0.5, 0.6) is 0 Å². The SMILES string of the molecule is COC(=O)C(=CNN)C(=O)OC. The molecule has 6 heteroatoms. The van der Waals surface area contributed by atoms with E-state index in [9.17, 15) is 9.59 Å². The molecule has 6 nitrogen and oxygen atoms in total. The van der Waals surface area contributed by atoms with Crippen molar-refractivity contribution in [2.45, 2.75) is 0 Å². The first-order valence-electron chi connectivity index (χ1n) is 3.00. The number of carbonyl (C=O) groups excluding carboxylic acids is 2. The molecule has 0 aliphatic rings. The summed E-state index contributed by atoms with van der Waals surface area (Å²) < 4.78 is 8.57. The summed E-state index contributed by atoms with van der Waals surface area (Å²) in [5.74, 6) is 3.26. The molecule has 0 unspecified atom stereocenters. The van der Waals surface area contributed by atoms with Crippen molar-refractivity contribution in [2.75, 3.05) is 14.2 Å². The smallest absolute Gasteiger partial charge is 0.346 e. The van der Waals surface area contributed by atoms with Crippen LogP contribution in [0.25, 0.3) is 0 Å². The molecular weight excluding hydrogens is 164 g/mol. The lowest BCUT2D eigenvalue weighted by atomic mass is 10.3. The fourth-order valence-electron chi connectivity index (χ4n) is 0.504. The number of hydrogen-bond acceptors (Lipinski definition) is 6. The van der Waals surface area contributed by atoms with Crippen LogP contribution in [0.2, 0.25) is 0 Å². The van der Waals surface area contributed by atoms with Crippen molar-refractivity contribution in [3.8, 4) is 0 Å². The highest BCUT2D eigenvalue weighted by Gasteiger charge is 2.18. The molecule has 0 heterocycles. The molecule has 0 aromatic carbocycles. The molecule has 0 aliphatic carbocycles. The molecule has 0 aromatic heterocycles. The Kier molecular flexibility index (Phi) is 4.47. The van der Waals surface area contributed by atoms with Gasteiger partial charge in [-0.15, -0.1) is 0 Å². The summed E-state index contributed by atoms with van der Waals surface area (Å²) in [4.78, 5) is 21.6. The Bertz CT molecular complexity index is 194. The number of methoxy groups -OCH3 is 2. The molecule has 0 saturated carbocycles. The molecule has 0 bridgehead atoms. The average Bonchev–Trinajstić information content (AvgIpc) is 2.11. The third-order valence-corrected chi connectivity index (χ3v) is 1.04. The van der Waals surface area contributed by atoms with E-state index in [4.69, 9.17) is 5.84 Å². The summed E-state index contributed by atoms with van der Waals surface area (Å²) in [6, 6.07) is 0. The highest BCUT2D eigenvalue weighted by molar-refractivity contribution is 6.13. The van der Waals surface area contributed by atoms with E-state index in [2.05, 4.69) is 9.47 Å². The maximum absolute atomic E-state index is 10.8. The second-order valence-electron chi connectivity index (χ2n) is 1.71. The molecule has 0 aromatic rings. The Morgan fingerprint density at radius 2 is 1.67 bits per heavy atom. The van der Waals surface area contributed by atoms with E-state index < -0.39 is 11.9 Å². The Morgan fingerprint density at radius 1 is 1.25 bits per heavy atom. The summed E-state index contributed by atoms with van der Waals surface area (Å²) in [6.07, 6.45) is 0.998. The number of nitrogens with one attached hydrogen (secondary N) is 1. The number of nitrogens with two attached hydrogens (primary N) is 1. The van der Waals surface area contributed by atoms with Gasteiger partial charge < -0.3 is 14.9 Å². The van der Waals surface area contributed by atoms with E-state index in [1.165, 1.54) is 0 Å². The Balaban J connectivity index is 4.55. The van der Waals surface area contributed by atoms with Crippen LogP contribution < -0.4 is 11.3 Å². The molecule has 0 radical (unpaired) electrons. The predicted molar refractivity (Wildman–Crippen MR) is 39.4 cm³/mol. The summed E-state index contributed by atoms with van der Waals surface area (Å²) in [6.45, 7) is 0. The molecule has 0 saturated heterocycles. The van der Waals surface area contributed by atoms with Gasteiger partial charge >= 0.3 is 11.9 Å². The van der Waals surface area contributed by atoms with Crippen molar-refractivity contribution in [3.63, 3.8) is 0 Å². The third kappa shape index (κ3) is 2.59. The monoisotopic (exact) mass is 174 g/mol. The van der Waals surface area contributed by atoms with E-state index in [-0.39, 0.29) is 5.57 Å². The van der Waals surface area contributed by atoms with Crippen LogP contribution >= 0.6 is 0 Å². The molecule has 0 rings (SSSR count). The minimum Gasteiger partial charge on any atom is -0.465 e. The Labute approximate surface area is 69.3 Å². The van der Waals surface area contributed by atoms with Crippen LogP contribution in [0.3, 0.4) is 0 Å². The molecule has 0 spiro atoms. The zero-order valence-electron chi connectivity index (χ0n) is 6.79. The Morgan fingerprint density at radius 3 is 1.92 bits per heavy atom. The highest BCUT2D eigenvalue weighted by Crippen LogP contribution is 1.97. The van der Waals surface area contributed by atoms with Gasteiger partial charge in [-0.1, -0.05) is 0 Å². The summed E-state index contributed by atoms with van der Waals surface area (Å²) >= 11 is 0. The van der Waals surface area contributed by atoms with Crippen molar-refractivity contribution < 1.29 is 19.1 Å². The Hall–Kier alpha value is -1.56. The van der Waals surface area contributed by atoms with Crippen molar-refractivity contribution in [1.82, 2.24) is 5.43 Å². The van der Waals surface area contributed by atoms with Gasteiger partial charge in [0.1, 0.15) is 0 Å². The minimum atomic E-state index is -0.806. The van der Waals surface area contributed by atoms with Gasteiger partial charge in [0.05, 0.1) is 14.2 Å². The molecule has 0 amide bonds. The van der Waals surface area contributed by atoms with Gasteiger partial charge in [0.2, 0.25) is 0 Å². The largest absolute Gasteiger partial charge is 0.465 e. The average molecular weight is 174 g/mol. The minimum absolute atomic E-state index is 0.289. The summed E-state index contributed by atoms with van der Waals surface area (Å²) in [5, 5.41) is 0. The zero-order valence-corrected chi connectivity index (χ0v) is 6.79. The van der Waals surface area contributed by atoms with Crippen LogP contribution in [0.15, 0.2) is 11.8 Å². The fraction of sp³-hybridized carbons (Fsp3) is 0.333. The van der Waals surface area contributed by atoms with Crippen molar-refractivity contribution in [1.29, 1.82) is 0 Å².